The van der Waals surface area contributed by atoms with Gasteiger partial charge in [-0.05, 0) is 52.9 Å². The zero-order valence-corrected chi connectivity index (χ0v) is 16.4. The molecule has 0 saturated carbocycles. The first-order chi connectivity index (χ1) is 14.2. The van der Waals surface area contributed by atoms with Crippen LogP contribution in [0.25, 0.3) is 22.2 Å². The van der Waals surface area contributed by atoms with Gasteiger partial charge in [0.15, 0.2) is 0 Å². The molecule has 0 N–H and O–H groups in total. The van der Waals surface area contributed by atoms with Crippen LogP contribution in [0.2, 0.25) is 5.02 Å². The van der Waals surface area contributed by atoms with Gasteiger partial charge in [0.05, 0.1) is 17.2 Å². The van der Waals surface area contributed by atoms with Gasteiger partial charge >= 0.3 is 0 Å². The number of halogens is 1. The third kappa shape index (κ3) is 3.36. The SMILES string of the molecule is O=C(c1cnc2ccccc2n1)N1CCc2c(cccc2-c2ccc(Cl)cc2)C1. The number of para-hydroxylation sites is 2. The lowest BCUT2D eigenvalue weighted by Crippen LogP contribution is -2.36. The molecule has 0 atom stereocenters. The maximum atomic E-state index is 13.1. The van der Waals surface area contributed by atoms with Gasteiger partial charge in [0.25, 0.3) is 5.91 Å². The van der Waals surface area contributed by atoms with E-state index in [2.05, 4.69) is 22.1 Å². The summed E-state index contributed by atoms with van der Waals surface area (Å²) >= 11 is 6.04. The number of fused-ring (bicyclic) bond motifs is 2. The van der Waals surface area contributed by atoms with Crippen molar-refractivity contribution in [2.24, 2.45) is 0 Å². The topological polar surface area (TPSA) is 46.1 Å². The molecule has 4 aromatic rings. The van der Waals surface area contributed by atoms with Crippen molar-refractivity contribution in [1.29, 1.82) is 0 Å². The molecular formula is C24H18ClN3O. The van der Waals surface area contributed by atoms with E-state index in [-0.39, 0.29) is 5.91 Å². The molecule has 1 aromatic heterocycles. The summed E-state index contributed by atoms with van der Waals surface area (Å²) in [5.41, 5.74) is 6.74. The van der Waals surface area contributed by atoms with E-state index >= 15 is 0 Å². The van der Waals surface area contributed by atoms with Gasteiger partial charge in [-0.2, -0.15) is 0 Å². The first-order valence-electron chi connectivity index (χ1n) is 9.57. The van der Waals surface area contributed by atoms with Crippen molar-refractivity contribution in [1.82, 2.24) is 14.9 Å². The van der Waals surface area contributed by atoms with Crippen molar-refractivity contribution in [2.75, 3.05) is 6.54 Å². The lowest BCUT2D eigenvalue weighted by Gasteiger charge is -2.30. The maximum Gasteiger partial charge on any atom is 0.274 e. The number of rotatable bonds is 2. The molecule has 1 aliphatic heterocycles. The average molecular weight is 400 g/mol. The zero-order valence-electron chi connectivity index (χ0n) is 15.7. The number of carbonyl (C=O) groups is 1. The van der Waals surface area contributed by atoms with Crippen LogP contribution in [0.4, 0.5) is 0 Å². The first-order valence-corrected chi connectivity index (χ1v) is 9.94. The minimum absolute atomic E-state index is 0.0780. The van der Waals surface area contributed by atoms with E-state index in [0.717, 1.165) is 28.0 Å². The molecule has 0 unspecified atom stereocenters. The molecule has 0 fully saturated rings. The second kappa shape index (κ2) is 7.30. The number of benzene rings is 3. The molecule has 29 heavy (non-hydrogen) atoms. The number of nitrogens with zero attached hydrogens (tertiary/aromatic N) is 3. The molecule has 0 bridgehead atoms. The van der Waals surface area contributed by atoms with Gasteiger partial charge in [-0.15, -0.1) is 0 Å². The summed E-state index contributed by atoms with van der Waals surface area (Å²) in [5, 5.41) is 0.729. The molecule has 1 aliphatic rings. The van der Waals surface area contributed by atoms with E-state index in [0.29, 0.717) is 18.8 Å². The molecule has 0 radical (unpaired) electrons. The van der Waals surface area contributed by atoms with E-state index in [9.17, 15) is 4.79 Å². The highest BCUT2D eigenvalue weighted by atomic mass is 35.5. The highest BCUT2D eigenvalue weighted by molar-refractivity contribution is 6.30. The van der Waals surface area contributed by atoms with Crippen LogP contribution in [0.1, 0.15) is 21.6 Å². The summed E-state index contributed by atoms with van der Waals surface area (Å²) in [4.78, 5) is 23.8. The van der Waals surface area contributed by atoms with E-state index in [1.165, 1.54) is 16.7 Å². The minimum atomic E-state index is -0.0780. The molecule has 0 saturated heterocycles. The Morgan fingerprint density at radius 2 is 1.72 bits per heavy atom. The van der Waals surface area contributed by atoms with E-state index in [1.54, 1.807) is 6.20 Å². The zero-order chi connectivity index (χ0) is 19.8. The molecule has 3 aromatic carbocycles. The standard InChI is InChI=1S/C24H18ClN3O/c25-18-10-8-16(9-11-18)19-5-3-4-17-15-28(13-12-20(17)19)24(29)23-14-26-21-6-1-2-7-22(21)27-23/h1-11,14H,12-13,15H2. The number of carbonyl (C=O) groups excluding carboxylic acids is 1. The van der Waals surface area contributed by atoms with Crippen molar-refractivity contribution in [3.05, 3.63) is 94.8 Å². The van der Waals surface area contributed by atoms with Gasteiger partial charge in [0, 0.05) is 18.1 Å². The van der Waals surface area contributed by atoms with Crippen LogP contribution in [-0.2, 0) is 13.0 Å². The van der Waals surface area contributed by atoms with Gasteiger partial charge in [-0.3, -0.25) is 9.78 Å². The Hall–Kier alpha value is -3.24. The molecule has 0 spiro atoms. The summed E-state index contributed by atoms with van der Waals surface area (Å²) in [7, 11) is 0. The quantitative estimate of drug-likeness (QED) is 0.468. The number of aromatic nitrogens is 2. The normalized spacial score (nSPS) is 13.3. The van der Waals surface area contributed by atoms with Gasteiger partial charge < -0.3 is 4.90 Å². The highest BCUT2D eigenvalue weighted by Crippen LogP contribution is 2.31. The number of amides is 1. The van der Waals surface area contributed by atoms with Crippen LogP contribution in [-0.4, -0.2) is 27.3 Å². The van der Waals surface area contributed by atoms with Crippen molar-refractivity contribution >= 4 is 28.5 Å². The first kappa shape index (κ1) is 17.8. The maximum absolute atomic E-state index is 13.1. The summed E-state index contributed by atoms with van der Waals surface area (Å²) in [6.07, 6.45) is 2.38. The molecule has 142 valence electrons. The van der Waals surface area contributed by atoms with Crippen LogP contribution in [0.15, 0.2) is 72.9 Å². The second-order valence-corrected chi connectivity index (χ2v) is 7.61. The largest absolute Gasteiger partial charge is 0.333 e. The second-order valence-electron chi connectivity index (χ2n) is 7.17. The smallest absolute Gasteiger partial charge is 0.274 e. The summed E-state index contributed by atoms with van der Waals surface area (Å²) in [5.74, 6) is -0.0780. The third-order valence-corrected chi connectivity index (χ3v) is 5.63. The fourth-order valence-corrected chi connectivity index (χ4v) is 4.03. The van der Waals surface area contributed by atoms with Gasteiger partial charge in [-0.1, -0.05) is 54.1 Å². The molecular weight excluding hydrogens is 382 g/mol. The molecule has 0 aliphatic carbocycles. The lowest BCUT2D eigenvalue weighted by atomic mass is 9.90. The van der Waals surface area contributed by atoms with Crippen molar-refractivity contribution < 1.29 is 4.79 Å². The fraction of sp³-hybridized carbons (Fsp3) is 0.125. The van der Waals surface area contributed by atoms with Crippen LogP contribution >= 0.6 is 11.6 Å². The summed E-state index contributed by atoms with van der Waals surface area (Å²) in [6.45, 7) is 1.23. The average Bonchev–Trinajstić information content (AvgIpc) is 2.78. The van der Waals surface area contributed by atoms with E-state index in [1.807, 2.05) is 59.5 Å². The Balaban J connectivity index is 1.44. The third-order valence-electron chi connectivity index (χ3n) is 5.38. The minimum Gasteiger partial charge on any atom is -0.333 e. The van der Waals surface area contributed by atoms with Gasteiger partial charge in [0.1, 0.15) is 5.69 Å². The number of hydrogen-bond acceptors (Lipinski definition) is 3. The molecule has 5 rings (SSSR count). The Bertz CT molecular complexity index is 1220. The predicted molar refractivity (Wildman–Crippen MR) is 115 cm³/mol. The van der Waals surface area contributed by atoms with Crippen LogP contribution in [0.5, 0.6) is 0 Å². The van der Waals surface area contributed by atoms with Gasteiger partial charge in [0.2, 0.25) is 0 Å². The van der Waals surface area contributed by atoms with Crippen LogP contribution in [0, 0.1) is 0 Å². The highest BCUT2D eigenvalue weighted by Gasteiger charge is 2.24. The Morgan fingerprint density at radius 3 is 2.55 bits per heavy atom. The predicted octanol–water partition coefficient (Wildman–Crippen LogP) is 5.15. The fourth-order valence-electron chi connectivity index (χ4n) is 3.90. The van der Waals surface area contributed by atoms with Gasteiger partial charge in [-0.25, -0.2) is 4.98 Å². The van der Waals surface area contributed by atoms with Crippen LogP contribution < -0.4 is 0 Å². The van der Waals surface area contributed by atoms with E-state index in [4.69, 9.17) is 11.6 Å². The Morgan fingerprint density at radius 1 is 0.931 bits per heavy atom. The van der Waals surface area contributed by atoms with Crippen molar-refractivity contribution in [3.8, 4) is 11.1 Å². The summed E-state index contributed by atoms with van der Waals surface area (Å²) in [6, 6.07) is 21.8. The van der Waals surface area contributed by atoms with Crippen molar-refractivity contribution in [3.63, 3.8) is 0 Å². The Labute approximate surface area is 173 Å². The molecule has 1 amide bonds. The van der Waals surface area contributed by atoms with Crippen molar-refractivity contribution in [2.45, 2.75) is 13.0 Å². The monoisotopic (exact) mass is 399 g/mol. The number of hydrogen-bond donors (Lipinski definition) is 0. The van der Waals surface area contributed by atoms with E-state index < -0.39 is 0 Å². The molecule has 4 nitrogen and oxygen atoms in total. The lowest BCUT2D eigenvalue weighted by molar-refractivity contribution is 0.0729. The van der Waals surface area contributed by atoms with Crippen LogP contribution in [0.3, 0.4) is 0 Å². The molecule has 5 heteroatoms. The summed E-state index contributed by atoms with van der Waals surface area (Å²) < 4.78 is 0. The molecule has 2 heterocycles. The Kier molecular flexibility index (Phi) is 4.49.